The molecule has 0 fully saturated rings. The van der Waals surface area contributed by atoms with Gasteiger partial charge in [-0.3, -0.25) is 0 Å². The number of aryl methyl sites for hydroxylation is 2. The van der Waals surface area contributed by atoms with Crippen LogP contribution in [0, 0.1) is 0 Å². The first kappa shape index (κ1) is 16.1. The van der Waals surface area contributed by atoms with Crippen molar-refractivity contribution in [2.45, 2.75) is 25.7 Å². The van der Waals surface area contributed by atoms with Crippen LogP contribution in [0.25, 0.3) is 0 Å². The largest absolute Gasteiger partial charge is 0.389 e. The topological polar surface area (TPSA) is 97.1 Å². The molecule has 0 spiro atoms. The molecule has 0 radical (unpaired) electrons. The smallest absolute Gasteiger partial charge is 0.213 e. The van der Waals surface area contributed by atoms with Gasteiger partial charge in [-0.15, -0.1) is 0 Å². The van der Waals surface area contributed by atoms with Crippen LogP contribution in [0.2, 0.25) is 0 Å². The number of thiocarbonyl (C=S) groups is 1. The number of nitrogens with two attached hydrogens (primary N) is 1. The van der Waals surface area contributed by atoms with E-state index in [4.69, 9.17) is 18.0 Å². The van der Waals surface area contributed by atoms with Gasteiger partial charge in [0, 0.05) is 12.2 Å². The molecule has 2 rings (SSSR count). The summed E-state index contributed by atoms with van der Waals surface area (Å²) in [7, 11) is -1.85. The minimum absolute atomic E-state index is 0.0287. The summed E-state index contributed by atoms with van der Waals surface area (Å²) in [6, 6.07) is 1.98. The second kappa shape index (κ2) is 6.67. The van der Waals surface area contributed by atoms with Crippen LogP contribution in [0.5, 0.6) is 0 Å². The van der Waals surface area contributed by atoms with Gasteiger partial charge >= 0.3 is 0 Å². The highest BCUT2D eigenvalue weighted by Crippen LogP contribution is 2.24. The number of hydrogen-bond acceptors (Lipinski definition) is 5. The maximum Gasteiger partial charge on any atom is 0.213 e. The second-order valence-electron chi connectivity index (χ2n) is 5.01. The van der Waals surface area contributed by atoms with Crippen molar-refractivity contribution in [1.82, 2.24) is 9.71 Å². The molecule has 0 aromatic carbocycles. The predicted molar refractivity (Wildman–Crippen MR) is 88.1 cm³/mol. The highest BCUT2D eigenvalue weighted by atomic mass is 32.2. The summed E-state index contributed by atoms with van der Waals surface area (Å²) in [6.45, 7) is 0.255. The van der Waals surface area contributed by atoms with Crippen molar-refractivity contribution >= 4 is 33.0 Å². The number of aromatic nitrogens is 1. The number of nitrogens with one attached hydrogen (secondary N) is 2. The summed E-state index contributed by atoms with van der Waals surface area (Å²) in [5.41, 5.74) is 8.69. The van der Waals surface area contributed by atoms with Gasteiger partial charge in [0.05, 0.1) is 11.3 Å². The van der Waals surface area contributed by atoms with Crippen LogP contribution in [0.15, 0.2) is 6.07 Å². The van der Waals surface area contributed by atoms with Crippen molar-refractivity contribution in [3.05, 3.63) is 22.9 Å². The number of hydrogen-bond donors (Lipinski definition) is 3. The number of sulfonamides is 1. The van der Waals surface area contributed by atoms with Crippen LogP contribution in [-0.4, -0.2) is 37.7 Å². The average Bonchev–Trinajstić information content (AvgIpc) is 2.46. The summed E-state index contributed by atoms with van der Waals surface area (Å²) >= 11 is 5.07. The third kappa shape index (κ3) is 4.12. The van der Waals surface area contributed by atoms with E-state index in [2.05, 4.69) is 15.0 Å². The first-order chi connectivity index (χ1) is 9.93. The van der Waals surface area contributed by atoms with E-state index in [1.165, 1.54) is 12.6 Å². The molecule has 0 bridgehead atoms. The number of fused-ring (bicyclic) bond motifs is 1. The number of anilines is 1. The zero-order valence-corrected chi connectivity index (χ0v) is 13.6. The van der Waals surface area contributed by atoms with E-state index >= 15 is 0 Å². The second-order valence-corrected chi connectivity index (χ2v) is 7.50. The van der Waals surface area contributed by atoms with Crippen molar-refractivity contribution in [1.29, 1.82) is 0 Å². The Labute approximate surface area is 130 Å². The zero-order valence-electron chi connectivity index (χ0n) is 12.0. The maximum absolute atomic E-state index is 11.4. The molecular formula is C13H20N4O2S2. The van der Waals surface area contributed by atoms with Crippen LogP contribution in [-0.2, 0) is 22.9 Å². The number of rotatable bonds is 6. The molecule has 0 unspecified atom stereocenters. The summed E-state index contributed by atoms with van der Waals surface area (Å²) < 4.78 is 25.1. The minimum atomic E-state index is -3.24. The van der Waals surface area contributed by atoms with Crippen molar-refractivity contribution < 1.29 is 8.42 Å². The minimum Gasteiger partial charge on any atom is -0.389 e. The number of nitrogens with zero attached hydrogens (tertiary/aromatic N) is 1. The summed E-state index contributed by atoms with van der Waals surface area (Å²) in [4.78, 5) is 4.86. The Balaban J connectivity index is 2.19. The highest BCUT2D eigenvalue weighted by Gasteiger charge is 2.16. The summed E-state index contributed by atoms with van der Waals surface area (Å²) in [6.07, 6.45) is 4.21. The Hall–Kier alpha value is -1.25. The molecule has 0 saturated heterocycles. The predicted octanol–water partition coefficient (Wildman–Crippen LogP) is 0.556. The lowest BCUT2D eigenvalue weighted by atomic mass is 9.94. The van der Waals surface area contributed by atoms with E-state index in [0.717, 1.165) is 31.4 Å². The lowest BCUT2D eigenvalue weighted by Gasteiger charge is -2.19. The van der Waals surface area contributed by atoms with E-state index in [1.807, 2.05) is 6.07 Å². The Morgan fingerprint density at radius 2 is 2.14 bits per heavy atom. The van der Waals surface area contributed by atoms with Crippen molar-refractivity contribution in [3.63, 3.8) is 0 Å². The molecule has 1 aliphatic rings. The summed E-state index contributed by atoms with van der Waals surface area (Å²) in [5, 5.41) is 3.04. The van der Waals surface area contributed by atoms with Gasteiger partial charge in [-0.25, -0.2) is 18.1 Å². The van der Waals surface area contributed by atoms with Crippen molar-refractivity contribution in [3.8, 4) is 0 Å². The zero-order chi connectivity index (χ0) is 15.5. The summed E-state index contributed by atoms with van der Waals surface area (Å²) in [5.74, 6) is 0.549. The SMILES string of the molecule is CNS(=O)(=O)CCNc1nc2c(cc1C(N)=S)CCCC2. The lowest BCUT2D eigenvalue weighted by molar-refractivity contribution is 0.588. The average molecular weight is 328 g/mol. The highest BCUT2D eigenvalue weighted by molar-refractivity contribution is 7.89. The molecule has 1 aliphatic carbocycles. The van der Waals surface area contributed by atoms with Crippen LogP contribution in [0.4, 0.5) is 5.82 Å². The Morgan fingerprint density at radius 1 is 1.43 bits per heavy atom. The first-order valence-corrected chi connectivity index (χ1v) is 8.96. The van der Waals surface area contributed by atoms with Crippen LogP contribution >= 0.6 is 12.2 Å². The van der Waals surface area contributed by atoms with E-state index in [9.17, 15) is 8.42 Å². The van der Waals surface area contributed by atoms with Gasteiger partial charge in [0.2, 0.25) is 10.0 Å². The van der Waals surface area contributed by atoms with Crippen LogP contribution in [0.1, 0.15) is 29.7 Å². The monoisotopic (exact) mass is 328 g/mol. The molecule has 1 aromatic heterocycles. The van der Waals surface area contributed by atoms with E-state index in [1.54, 1.807) is 0 Å². The Kier molecular flexibility index (Phi) is 5.13. The van der Waals surface area contributed by atoms with Gasteiger partial charge in [0.15, 0.2) is 0 Å². The number of pyridine rings is 1. The third-order valence-electron chi connectivity index (χ3n) is 3.54. The normalized spacial score (nSPS) is 14.5. The van der Waals surface area contributed by atoms with Crippen LogP contribution < -0.4 is 15.8 Å². The van der Waals surface area contributed by atoms with Gasteiger partial charge < -0.3 is 11.1 Å². The molecule has 0 atom stereocenters. The molecule has 1 heterocycles. The molecule has 21 heavy (non-hydrogen) atoms. The standard InChI is InChI=1S/C13H20N4O2S2/c1-15-21(18,19)7-6-16-13-10(12(14)20)8-9-4-2-3-5-11(9)17-13/h8,15H,2-7H2,1H3,(H2,14,20)(H,16,17). The first-order valence-electron chi connectivity index (χ1n) is 6.90. The van der Waals surface area contributed by atoms with E-state index < -0.39 is 10.0 Å². The molecule has 0 amide bonds. The fourth-order valence-corrected chi connectivity index (χ4v) is 3.09. The molecular weight excluding hydrogens is 308 g/mol. The van der Waals surface area contributed by atoms with Gasteiger partial charge in [0.25, 0.3) is 0 Å². The van der Waals surface area contributed by atoms with Crippen molar-refractivity contribution in [2.24, 2.45) is 5.73 Å². The molecule has 6 nitrogen and oxygen atoms in total. The Bertz CT molecular complexity index is 644. The molecule has 0 saturated carbocycles. The van der Waals surface area contributed by atoms with Gasteiger partial charge in [-0.05, 0) is 44.4 Å². The van der Waals surface area contributed by atoms with Crippen molar-refractivity contribution in [2.75, 3.05) is 24.7 Å². The van der Waals surface area contributed by atoms with Gasteiger partial charge in [-0.2, -0.15) is 0 Å². The molecule has 0 aliphatic heterocycles. The molecule has 8 heteroatoms. The van der Waals surface area contributed by atoms with Gasteiger partial charge in [-0.1, -0.05) is 12.2 Å². The maximum atomic E-state index is 11.4. The third-order valence-corrected chi connectivity index (χ3v) is 5.12. The Morgan fingerprint density at radius 3 is 2.81 bits per heavy atom. The van der Waals surface area contributed by atoms with Crippen LogP contribution in [0.3, 0.4) is 0 Å². The van der Waals surface area contributed by atoms with Gasteiger partial charge in [0.1, 0.15) is 10.8 Å². The molecule has 116 valence electrons. The lowest BCUT2D eigenvalue weighted by Crippen LogP contribution is -2.27. The van der Waals surface area contributed by atoms with E-state index in [-0.39, 0.29) is 17.3 Å². The molecule has 4 N–H and O–H groups in total. The fourth-order valence-electron chi connectivity index (χ4n) is 2.36. The molecule has 1 aromatic rings. The quantitative estimate of drug-likeness (QED) is 0.660. The van der Waals surface area contributed by atoms with E-state index in [0.29, 0.717) is 11.4 Å². The fraction of sp³-hybridized carbons (Fsp3) is 0.538.